The summed E-state index contributed by atoms with van der Waals surface area (Å²) in [6, 6.07) is 14.3. The molecule has 1 unspecified atom stereocenters. The number of nitrogens with zero attached hydrogens (tertiary/aromatic N) is 3. The second kappa shape index (κ2) is 9.31. The lowest BCUT2D eigenvalue weighted by atomic mass is 10.0. The topological polar surface area (TPSA) is 59.4 Å². The van der Waals surface area contributed by atoms with Gasteiger partial charge in [0.2, 0.25) is 0 Å². The highest BCUT2D eigenvalue weighted by Crippen LogP contribution is 2.31. The van der Waals surface area contributed by atoms with Crippen LogP contribution in [-0.4, -0.2) is 47.3 Å². The Balaban J connectivity index is 1.54. The predicted octanol–water partition coefficient (Wildman–Crippen LogP) is 3.90. The second-order valence-corrected chi connectivity index (χ2v) is 7.72. The molecule has 4 rings (SSSR count). The zero-order chi connectivity index (χ0) is 21.8. The minimum Gasteiger partial charge on any atom is -0.496 e. The molecule has 1 saturated heterocycles. The van der Waals surface area contributed by atoms with Crippen LogP contribution >= 0.6 is 0 Å². The molecule has 1 atom stereocenters. The Bertz CT molecular complexity index is 1060. The van der Waals surface area contributed by atoms with Gasteiger partial charge in [0.05, 0.1) is 30.6 Å². The maximum absolute atomic E-state index is 14.2. The van der Waals surface area contributed by atoms with E-state index < -0.39 is 0 Å². The lowest BCUT2D eigenvalue weighted by molar-refractivity contribution is 0.0936. The van der Waals surface area contributed by atoms with Crippen LogP contribution in [0.25, 0.3) is 5.69 Å². The van der Waals surface area contributed by atoms with E-state index in [4.69, 9.17) is 4.74 Å². The van der Waals surface area contributed by atoms with Crippen molar-refractivity contribution in [1.29, 1.82) is 0 Å². The molecule has 0 aliphatic carbocycles. The molecule has 1 aliphatic heterocycles. The van der Waals surface area contributed by atoms with Gasteiger partial charge in [0, 0.05) is 12.1 Å². The van der Waals surface area contributed by atoms with Gasteiger partial charge >= 0.3 is 0 Å². The third kappa shape index (κ3) is 4.32. The van der Waals surface area contributed by atoms with E-state index >= 15 is 0 Å². The Morgan fingerprint density at radius 1 is 1.16 bits per heavy atom. The van der Waals surface area contributed by atoms with Gasteiger partial charge in [0.15, 0.2) is 0 Å². The lowest BCUT2D eigenvalue weighted by Gasteiger charge is -2.29. The Labute approximate surface area is 181 Å². The number of halogens is 1. The normalized spacial score (nSPS) is 15.1. The van der Waals surface area contributed by atoms with Crippen molar-refractivity contribution in [2.75, 3.05) is 26.7 Å². The Kier molecular flexibility index (Phi) is 6.32. The van der Waals surface area contributed by atoms with Gasteiger partial charge in [-0.3, -0.25) is 9.69 Å². The van der Waals surface area contributed by atoms with Gasteiger partial charge in [-0.15, -0.1) is 0 Å². The molecular formula is C24H27FN4O2. The number of benzene rings is 2. The molecule has 6 nitrogen and oxygen atoms in total. The highest BCUT2D eigenvalue weighted by molar-refractivity contribution is 5.95. The van der Waals surface area contributed by atoms with Crippen LogP contribution in [0.15, 0.2) is 54.7 Å². The quantitative estimate of drug-likeness (QED) is 0.628. The summed E-state index contributed by atoms with van der Waals surface area (Å²) < 4.78 is 21.2. The Morgan fingerprint density at radius 2 is 1.87 bits per heavy atom. The maximum Gasteiger partial charge on any atom is 0.254 e. The second-order valence-electron chi connectivity index (χ2n) is 7.72. The van der Waals surface area contributed by atoms with Gasteiger partial charge in [0.25, 0.3) is 5.91 Å². The predicted molar refractivity (Wildman–Crippen MR) is 117 cm³/mol. The summed E-state index contributed by atoms with van der Waals surface area (Å²) in [5, 5.41) is 7.31. The van der Waals surface area contributed by atoms with Gasteiger partial charge in [0.1, 0.15) is 17.3 Å². The van der Waals surface area contributed by atoms with E-state index in [2.05, 4.69) is 21.4 Å². The average molecular weight is 423 g/mol. The van der Waals surface area contributed by atoms with Gasteiger partial charge in [-0.2, -0.15) is 5.10 Å². The third-order valence-corrected chi connectivity index (χ3v) is 5.87. The van der Waals surface area contributed by atoms with E-state index in [0.29, 0.717) is 23.5 Å². The number of rotatable bonds is 7. The van der Waals surface area contributed by atoms with Crippen molar-refractivity contribution in [3.63, 3.8) is 0 Å². The number of amides is 1. The van der Waals surface area contributed by atoms with Crippen LogP contribution in [0.3, 0.4) is 0 Å². The molecule has 1 fully saturated rings. The monoisotopic (exact) mass is 422 g/mol. The summed E-state index contributed by atoms with van der Waals surface area (Å²) in [6.07, 6.45) is 3.79. The molecule has 2 heterocycles. The molecule has 0 bridgehead atoms. The fraction of sp³-hybridized carbons (Fsp3) is 0.333. The minimum absolute atomic E-state index is 0.0181. The third-order valence-electron chi connectivity index (χ3n) is 5.87. The van der Waals surface area contributed by atoms with E-state index in [1.165, 1.54) is 16.9 Å². The van der Waals surface area contributed by atoms with Crippen molar-refractivity contribution in [2.24, 2.45) is 0 Å². The number of likely N-dealkylation sites (tertiary alicyclic amines) is 1. The van der Waals surface area contributed by atoms with Gasteiger partial charge < -0.3 is 10.1 Å². The smallest absolute Gasteiger partial charge is 0.254 e. The van der Waals surface area contributed by atoms with E-state index in [-0.39, 0.29) is 17.8 Å². The van der Waals surface area contributed by atoms with Crippen LogP contribution in [0.1, 0.15) is 40.5 Å². The van der Waals surface area contributed by atoms with Crippen LogP contribution in [0, 0.1) is 12.7 Å². The van der Waals surface area contributed by atoms with Crippen molar-refractivity contribution >= 4 is 5.91 Å². The lowest BCUT2D eigenvalue weighted by Crippen LogP contribution is -2.37. The first-order valence-electron chi connectivity index (χ1n) is 10.5. The molecule has 7 heteroatoms. The van der Waals surface area contributed by atoms with Crippen molar-refractivity contribution in [3.05, 3.63) is 77.4 Å². The van der Waals surface area contributed by atoms with E-state index in [0.717, 1.165) is 37.2 Å². The molecule has 0 spiro atoms. The SMILES string of the molecule is COc1ccccc1C(CNC(=O)c1cnn(-c2ccccc2F)c1C)N1CCCC1. The largest absolute Gasteiger partial charge is 0.496 e. The first-order chi connectivity index (χ1) is 15.1. The summed E-state index contributed by atoms with van der Waals surface area (Å²) in [5.74, 6) is 0.210. The average Bonchev–Trinajstić information content (AvgIpc) is 3.45. The molecule has 2 aromatic carbocycles. The number of carbonyl (C=O) groups excluding carboxylic acids is 1. The highest BCUT2D eigenvalue weighted by Gasteiger charge is 2.27. The fourth-order valence-electron chi connectivity index (χ4n) is 4.21. The van der Waals surface area contributed by atoms with Crippen molar-refractivity contribution in [1.82, 2.24) is 20.0 Å². The fourth-order valence-corrected chi connectivity index (χ4v) is 4.21. The summed E-state index contributed by atoms with van der Waals surface area (Å²) in [6.45, 7) is 4.20. The van der Waals surface area contributed by atoms with Gasteiger partial charge in [-0.25, -0.2) is 9.07 Å². The van der Waals surface area contributed by atoms with Gasteiger partial charge in [-0.1, -0.05) is 30.3 Å². The standard InChI is InChI=1S/C24H27FN4O2/c1-17-19(15-27-29(17)21-11-5-4-10-20(21)25)24(30)26-16-22(28-13-7-8-14-28)18-9-3-6-12-23(18)31-2/h3-6,9-12,15,22H,7-8,13-14,16H2,1-2H3,(H,26,30). The van der Waals surface area contributed by atoms with E-state index in [1.807, 2.05) is 18.2 Å². The molecule has 1 aromatic heterocycles. The summed E-state index contributed by atoms with van der Waals surface area (Å²) >= 11 is 0. The molecule has 3 aromatic rings. The zero-order valence-electron chi connectivity index (χ0n) is 17.8. The number of hydrogen-bond acceptors (Lipinski definition) is 4. The van der Waals surface area contributed by atoms with Crippen LogP contribution in [0.4, 0.5) is 4.39 Å². The maximum atomic E-state index is 14.2. The summed E-state index contributed by atoms with van der Waals surface area (Å²) in [7, 11) is 1.67. The molecule has 0 radical (unpaired) electrons. The molecular weight excluding hydrogens is 395 g/mol. The Hall–Kier alpha value is -3.19. The Morgan fingerprint density at radius 3 is 2.61 bits per heavy atom. The number of aromatic nitrogens is 2. The molecule has 162 valence electrons. The molecule has 31 heavy (non-hydrogen) atoms. The van der Waals surface area contributed by atoms with Crippen molar-refractivity contribution in [3.8, 4) is 11.4 Å². The minimum atomic E-state index is -0.383. The summed E-state index contributed by atoms with van der Waals surface area (Å²) in [4.78, 5) is 15.4. The molecule has 1 aliphatic rings. The molecule has 0 saturated carbocycles. The number of methoxy groups -OCH3 is 1. The molecule has 1 amide bonds. The molecule has 1 N–H and O–H groups in total. The van der Waals surface area contributed by atoms with Crippen LogP contribution in [-0.2, 0) is 0 Å². The summed E-state index contributed by atoms with van der Waals surface area (Å²) in [5.41, 5.74) is 2.41. The number of hydrogen-bond donors (Lipinski definition) is 1. The highest BCUT2D eigenvalue weighted by atomic mass is 19.1. The number of carbonyl (C=O) groups is 1. The van der Waals surface area contributed by atoms with Crippen molar-refractivity contribution in [2.45, 2.75) is 25.8 Å². The number of ether oxygens (including phenoxy) is 1. The number of nitrogens with one attached hydrogen (secondary N) is 1. The van der Waals surface area contributed by atoms with Crippen LogP contribution in [0.2, 0.25) is 0 Å². The van der Waals surface area contributed by atoms with Crippen LogP contribution in [0.5, 0.6) is 5.75 Å². The van der Waals surface area contributed by atoms with E-state index in [1.54, 1.807) is 32.2 Å². The van der Waals surface area contributed by atoms with E-state index in [9.17, 15) is 9.18 Å². The van der Waals surface area contributed by atoms with Crippen molar-refractivity contribution < 1.29 is 13.9 Å². The first kappa shape index (κ1) is 21.1. The van der Waals surface area contributed by atoms with Gasteiger partial charge in [-0.05, 0) is 51.1 Å². The van der Waals surface area contributed by atoms with Crippen LogP contribution < -0.4 is 10.1 Å². The zero-order valence-corrected chi connectivity index (χ0v) is 17.8. The first-order valence-corrected chi connectivity index (χ1v) is 10.5. The number of para-hydroxylation sites is 2.